The molecule has 0 saturated carbocycles. The maximum absolute atomic E-state index is 11.4. The zero-order valence-corrected chi connectivity index (χ0v) is 12.3. The summed E-state index contributed by atoms with van der Waals surface area (Å²) >= 11 is 0. The Balaban J connectivity index is 1.84. The van der Waals surface area contributed by atoms with Gasteiger partial charge in [-0.25, -0.2) is 28.8 Å². The van der Waals surface area contributed by atoms with Gasteiger partial charge in [0.1, 0.15) is 0 Å². The minimum absolute atomic E-state index is 0.188. The molecule has 14 nitrogen and oxygen atoms in total. The second-order valence-electron chi connectivity index (χ2n) is 3.91. The first-order valence-corrected chi connectivity index (χ1v) is 6.28. The summed E-state index contributed by atoms with van der Waals surface area (Å²) in [5.41, 5.74) is 0. The molecule has 2 aliphatic rings. The van der Waals surface area contributed by atoms with Crippen LogP contribution in [0, 0.1) is 0 Å². The lowest BCUT2D eigenvalue weighted by atomic mass is 10.5. The topological polar surface area (TPSA) is 164 Å². The quantitative estimate of drug-likeness (QED) is 0.500. The number of hydrogen-bond acceptors (Lipinski definition) is 14. The molecule has 0 radical (unpaired) electrons. The van der Waals surface area contributed by atoms with E-state index < -0.39 is 35.8 Å². The van der Waals surface area contributed by atoms with E-state index in [0.29, 0.717) is 36.5 Å². The molecule has 0 aromatic heterocycles. The summed E-state index contributed by atoms with van der Waals surface area (Å²) in [6.07, 6.45) is 3.76. The van der Waals surface area contributed by atoms with E-state index in [2.05, 4.69) is 29.0 Å². The minimum Gasteiger partial charge on any atom is -0.296 e. The third-order valence-corrected chi connectivity index (χ3v) is 2.05. The maximum atomic E-state index is 11.4. The molecule has 0 saturated heterocycles. The summed E-state index contributed by atoms with van der Waals surface area (Å²) in [7, 11) is 0. The van der Waals surface area contributed by atoms with Crippen molar-refractivity contribution < 1.29 is 57.8 Å². The summed E-state index contributed by atoms with van der Waals surface area (Å²) in [5.74, 6) is -6.99. The second kappa shape index (κ2) is 8.18. The highest BCUT2D eigenvalue weighted by atomic mass is 17.2. The van der Waals surface area contributed by atoms with Crippen molar-refractivity contribution in [2.24, 2.45) is 0 Å². The van der Waals surface area contributed by atoms with Crippen LogP contribution in [0.2, 0.25) is 0 Å². The van der Waals surface area contributed by atoms with E-state index in [-0.39, 0.29) is 10.8 Å². The SMILES string of the molecule is O=C1C=CC(=O)ON(OC(=O)/C=C\C(=O)ON2OC(=O)C=CC(=O)O2)O1. The average molecular weight is 370 g/mol. The van der Waals surface area contributed by atoms with Gasteiger partial charge in [-0.05, 0) is 0 Å². The molecule has 0 atom stereocenters. The zero-order valence-electron chi connectivity index (χ0n) is 12.3. The van der Waals surface area contributed by atoms with Crippen molar-refractivity contribution in [3.63, 3.8) is 0 Å². The largest absolute Gasteiger partial charge is 0.357 e. The van der Waals surface area contributed by atoms with Crippen molar-refractivity contribution in [2.75, 3.05) is 0 Å². The van der Waals surface area contributed by atoms with Crippen molar-refractivity contribution in [1.82, 2.24) is 10.8 Å². The highest BCUT2D eigenvalue weighted by Crippen LogP contribution is 2.05. The van der Waals surface area contributed by atoms with Crippen LogP contribution in [-0.2, 0) is 57.8 Å². The molecule has 2 aliphatic heterocycles. The van der Waals surface area contributed by atoms with Gasteiger partial charge in [0.05, 0.1) is 0 Å². The first-order chi connectivity index (χ1) is 12.3. The van der Waals surface area contributed by atoms with Gasteiger partial charge in [0, 0.05) is 36.5 Å². The van der Waals surface area contributed by atoms with E-state index in [1.165, 1.54) is 0 Å². The highest BCUT2D eigenvalue weighted by molar-refractivity contribution is 5.94. The summed E-state index contributed by atoms with van der Waals surface area (Å²) in [4.78, 5) is 92.6. The molecule has 14 heteroatoms. The van der Waals surface area contributed by atoms with Gasteiger partial charge in [-0.15, -0.1) is 0 Å². The van der Waals surface area contributed by atoms with Crippen LogP contribution >= 0.6 is 0 Å². The van der Waals surface area contributed by atoms with Crippen LogP contribution in [0.25, 0.3) is 0 Å². The second-order valence-corrected chi connectivity index (χ2v) is 3.91. The van der Waals surface area contributed by atoms with Gasteiger partial charge < -0.3 is 0 Å². The Labute approximate surface area is 142 Å². The third kappa shape index (κ3) is 5.87. The Morgan fingerprint density at radius 1 is 0.654 bits per heavy atom. The first kappa shape index (κ1) is 18.3. The number of carbonyl (C=O) groups is 6. The Kier molecular flexibility index (Phi) is 5.75. The van der Waals surface area contributed by atoms with E-state index in [1.807, 2.05) is 0 Å². The number of rotatable bonds is 4. The summed E-state index contributed by atoms with van der Waals surface area (Å²) < 4.78 is 0. The molecule has 0 amide bonds. The van der Waals surface area contributed by atoms with E-state index in [1.54, 1.807) is 0 Å². The van der Waals surface area contributed by atoms with Gasteiger partial charge in [0.15, 0.2) is 0 Å². The zero-order chi connectivity index (χ0) is 19.1. The van der Waals surface area contributed by atoms with Crippen LogP contribution in [0.15, 0.2) is 36.5 Å². The Hall–Kier alpha value is -4.04. The van der Waals surface area contributed by atoms with Crippen molar-refractivity contribution in [1.29, 1.82) is 0 Å². The summed E-state index contributed by atoms with van der Waals surface area (Å²) in [6, 6.07) is 0. The normalized spacial score (nSPS) is 18.3. The molecule has 0 N–H and O–H groups in total. The lowest BCUT2D eigenvalue weighted by molar-refractivity contribution is -0.460. The number of carbonyl (C=O) groups excluding carboxylic acids is 6. The molecule has 2 heterocycles. The number of hydrogen-bond donors (Lipinski definition) is 0. The molecule has 136 valence electrons. The molecule has 0 aromatic carbocycles. The summed E-state index contributed by atoms with van der Waals surface area (Å²) in [5, 5.41) is -0.376. The van der Waals surface area contributed by atoms with E-state index in [9.17, 15) is 28.8 Å². The van der Waals surface area contributed by atoms with E-state index in [0.717, 1.165) is 0 Å². The number of nitrogens with zero attached hydrogens (tertiary/aromatic N) is 2. The highest BCUT2D eigenvalue weighted by Gasteiger charge is 2.24. The predicted octanol–water partition coefficient (Wildman–Crippen LogP) is -1.96. The Morgan fingerprint density at radius 3 is 1.19 bits per heavy atom. The standard InChI is InChI=1S/C12H6N2O12/c15-7-1-2-8(16)22-13(21-7)25-11(19)5-6-12(20)26-14-23-9(17)3-4-10(18)24-14/h1-6H/b6-5-. The molecule has 0 aliphatic carbocycles. The van der Waals surface area contributed by atoms with Crippen LogP contribution in [0.4, 0.5) is 0 Å². The molecule has 2 rings (SSSR count). The molecule has 0 fully saturated rings. The molecule has 0 aromatic rings. The van der Waals surface area contributed by atoms with Crippen molar-refractivity contribution >= 4 is 35.8 Å². The van der Waals surface area contributed by atoms with Crippen LogP contribution < -0.4 is 0 Å². The molecule has 0 unspecified atom stereocenters. The van der Waals surface area contributed by atoms with E-state index >= 15 is 0 Å². The third-order valence-electron chi connectivity index (χ3n) is 2.05. The van der Waals surface area contributed by atoms with Crippen molar-refractivity contribution in [2.45, 2.75) is 0 Å². The maximum Gasteiger partial charge on any atom is 0.357 e. The van der Waals surface area contributed by atoms with E-state index in [4.69, 9.17) is 0 Å². The molecule has 0 bridgehead atoms. The Morgan fingerprint density at radius 2 is 0.923 bits per heavy atom. The molecular formula is C12H6N2O12. The van der Waals surface area contributed by atoms with Gasteiger partial charge in [-0.1, -0.05) is 0 Å². The summed E-state index contributed by atoms with van der Waals surface area (Å²) in [6.45, 7) is 0. The monoisotopic (exact) mass is 370 g/mol. The van der Waals surface area contributed by atoms with Gasteiger partial charge in [-0.3, -0.25) is 29.0 Å². The van der Waals surface area contributed by atoms with Crippen LogP contribution in [0.1, 0.15) is 0 Å². The lowest BCUT2D eigenvalue weighted by Crippen LogP contribution is -2.30. The molecule has 0 spiro atoms. The smallest absolute Gasteiger partial charge is 0.296 e. The van der Waals surface area contributed by atoms with Gasteiger partial charge >= 0.3 is 35.8 Å². The van der Waals surface area contributed by atoms with Gasteiger partial charge in [-0.2, -0.15) is 0 Å². The van der Waals surface area contributed by atoms with Crippen LogP contribution in [0.5, 0.6) is 0 Å². The predicted molar refractivity (Wildman–Crippen MR) is 67.6 cm³/mol. The van der Waals surface area contributed by atoms with Gasteiger partial charge in [0.2, 0.25) is 10.8 Å². The van der Waals surface area contributed by atoms with Crippen molar-refractivity contribution in [3.05, 3.63) is 36.5 Å². The van der Waals surface area contributed by atoms with Gasteiger partial charge in [0.25, 0.3) is 0 Å². The minimum atomic E-state index is -1.34. The fraction of sp³-hybridized carbons (Fsp3) is 0. The van der Waals surface area contributed by atoms with Crippen molar-refractivity contribution in [3.8, 4) is 0 Å². The first-order valence-electron chi connectivity index (χ1n) is 6.28. The van der Waals surface area contributed by atoms with Crippen LogP contribution in [0.3, 0.4) is 0 Å². The lowest BCUT2D eigenvalue weighted by Gasteiger charge is -2.13. The molecule has 26 heavy (non-hydrogen) atoms. The fourth-order valence-corrected chi connectivity index (χ4v) is 1.14. The average Bonchev–Trinajstić information content (AvgIpc) is 2.81. The fourth-order valence-electron chi connectivity index (χ4n) is 1.14. The van der Waals surface area contributed by atoms with Crippen LogP contribution in [-0.4, -0.2) is 46.6 Å². The Bertz CT molecular complexity index is 649. The molecular weight excluding hydrogens is 364 g/mol.